The fourth-order valence-corrected chi connectivity index (χ4v) is 2.70. The summed E-state index contributed by atoms with van der Waals surface area (Å²) in [7, 11) is 0. The predicted molar refractivity (Wildman–Crippen MR) is 87.5 cm³/mol. The minimum Gasteiger partial charge on any atom is -0.319 e. The Balaban J connectivity index is 0.00000242. The Labute approximate surface area is 135 Å². The number of nitro benzene ring substituents is 1. The summed E-state index contributed by atoms with van der Waals surface area (Å²) in [5.41, 5.74) is 0.150. The van der Waals surface area contributed by atoms with E-state index in [0.29, 0.717) is 12.1 Å². The largest absolute Gasteiger partial charge is 0.319 e. The van der Waals surface area contributed by atoms with Crippen LogP contribution in [0.15, 0.2) is 24.3 Å². The lowest BCUT2D eigenvalue weighted by atomic mass is 10.1. The number of rotatable bonds is 4. The van der Waals surface area contributed by atoms with Crippen molar-refractivity contribution in [1.82, 2.24) is 10.2 Å². The first kappa shape index (κ1) is 18.3. The van der Waals surface area contributed by atoms with Crippen LogP contribution in [0.25, 0.3) is 0 Å². The summed E-state index contributed by atoms with van der Waals surface area (Å²) in [6.07, 6.45) is 0. The van der Waals surface area contributed by atoms with E-state index in [2.05, 4.69) is 29.4 Å². The molecule has 22 heavy (non-hydrogen) atoms. The molecule has 1 aliphatic rings. The third kappa shape index (κ3) is 4.94. The first-order valence-electron chi connectivity index (χ1n) is 6.97. The number of hydrogen-bond donors (Lipinski definition) is 2. The number of anilines is 1. The molecule has 2 unspecified atom stereocenters. The molecule has 1 aromatic rings. The van der Waals surface area contributed by atoms with Crippen LogP contribution in [0.3, 0.4) is 0 Å². The topological polar surface area (TPSA) is 87.5 Å². The predicted octanol–water partition coefficient (Wildman–Crippen LogP) is 1.64. The van der Waals surface area contributed by atoms with Gasteiger partial charge >= 0.3 is 0 Å². The first-order valence-corrected chi connectivity index (χ1v) is 6.97. The van der Waals surface area contributed by atoms with Crippen LogP contribution in [0.4, 0.5) is 11.4 Å². The number of carbonyl (C=O) groups excluding carboxylic acids is 1. The third-order valence-electron chi connectivity index (χ3n) is 3.38. The van der Waals surface area contributed by atoms with Crippen LogP contribution in [-0.4, -0.2) is 47.4 Å². The summed E-state index contributed by atoms with van der Waals surface area (Å²) in [4.78, 5) is 24.5. The summed E-state index contributed by atoms with van der Waals surface area (Å²) < 4.78 is 0. The Morgan fingerprint density at radius 2 is 1.95 bits per heavy atom. The van der Waals surface area contributed by atoms with Gasteiger partial charge in [0.2, 0.25) is 5.91 Å². The molecule has 1 fully saturated rings. The van der Waals surface area contributed by atoms with E-state index in [-0.39, 0.29) is 36.2 Å². The molecule has 2 rings (SSSR count). The van der Waals surface area contributed by atoms with Crippen LogP contribution in [-0.2, 0) is 4.79 Å². The van der Waals surface area contributed by atoms with Crippen molar-refractivity contribution in [3.63, 3.8) is 0 Å². The van der Waals surface area contributed by atoms with E-state index in [9.17, 15) is 14.9 Å². The van der Waals surface area contributed by atoms with Crippen molar-refractivity contribution in [3.05, 3.63) is 34.4 Å². The highest BCUT2D eigenvalue weighted by Crippen LogP contribution is 2.23. The average Bonchev–Trinajstić information content (AvgIpc) is 2.37. The molecule has 8 heteroatoms. The third-order valence-corrected chi connectivity index (χ3v) is 3.38. The number of nitrogens with zero attached hydrogens (tertiary/aromatic N) is 2. The van der Waals surface area contributed by atoms with Crippen molar-refractivity contribution < 1.29 is 9.72 Å². The van der Waals surface area contributed by atoms with Crippen LogP contribution in [0.5, 0.6) is 0 Å². The van der Waals surface area contributed by atoms with E-state index in [1.807, 2.05) is 0 Å². The van der Waals surface area contributed by atoms with E-state index in [4.69, 9.17) is 0 Å². The van der Waals surface area contributed by atoms with Gasteiger partial charge in [-0.1, -0.05) is 12.1 Å². The summed E-state index contributed by atoms with van der Waals surface area (Å²) >= 11 is 0. The summed E-state index contributed by atoms with van der Waals surface area (Å²) in [6, 6.07) is 6.81. The highest BCUT2D eigenvalue weighted by atomic mass is 35.5. The minimum atomic E-state index is -0.495. The molecule has 1 aromatic carbocycles. The van der Waals surface area contributed by atoms with Crippen molar-refractivity contribution in [3.8, 4) is 0 Å². The number of amides is 1. The van der Waals surface area contributed by atoms with E-state index >= 15 is 0 Å². The van der Waals surface area contributed by atoms with Crippen LogP contribution < -0.4 is 10.6 Å². The highest BCUT2D eigenvalue weighted by molar-refractivity contribution is 5.94. The zero-order valence-corrected chi connectivity index (χ0v) is 13.4. The number of para-hydroxylation sites is 2. The lowest BCUT2D eigenvalue weighted by Crippen LogP contribution is -2.55. The van der Waals surface area contributed by atoms with E-state index in [0.717, 1.165) is 13.1 Å². The van der Waals surface area contributed by atoms with Crippen LogP contribution in [0.1, 0.15) is 13.8 Å². The lowest BCUT2D eigenvalue weighted by molar-refractivity contribution is -0.383. The van der Waals surface area contributed by atoms with Crippen molar-refractivity contribution in [2.24, 2.45) is 0 Å². The molecule has 0 saturated carbocycles. The molecule has 0 bridgehead atoms. The molecule has 1 saturated heterocycles. The summed E-state index contributed by atoms with van der Waals surface area (Å²) in [6.45, 7) is 5.96. The van der Waals surface area contributed by atoms with Gasteiger partial charge in [-0.2, -0.15) is 0 Å². The molecular weight excluding hydrogens is 308 g/mol. The number of benzene rings is 1. The van der Waals surface area contributed by atoms with Crippen molar-refractivity contribution in [2.75, 3.05) is 25.0 Å². The van der Waals surface area contributed by atoms with E-state index in [1.165, 1.54) is 6.07 Å². The molecule has 122 valence electrons. The van der Waals surface area contributed by atoms with Gasteiger partial charge in [0.25, 0.3) is 5.69 Å². The zero-order chi connectivity index (χ0) is 15.4. The second-order valence-corrected chi connectivity index (χ2v) is 5.49. The van der Waals surface area contributed by atoms with Gasteiger partial charge in [-0.3, -0.25) is 19.8 Å². The summed E-state index contributed by atoms with van der Waals surface area (Å²) in [5.74, 6) is -0.231. The molecule has 0 aromatic heterocycles. The fraction of sp³-hybridized carbons (Fsp3) is 0.500. The molecule has 1 amide bonds. The molecule has 7 nitrogen and oxygen atoms in total. The molecule has 0 aliphatic carbocycles. The molecule has 2 N–H and O–H groups in total. The number of carbonyl (C=O) groups is 1. The van der Waals surface area contributed by atoms with Crippen LogP contribution in [0.2, 0.25) is 0 Å². The van der Waals surface area contributed by atoms with Crippen molar-refractivity contribution in [2.45, 2.75) is 25.9 Å². The average molecular weight is 329 g/mol. The Morgan fingerprint density at radius 3 is 2.55 bits per heavy atom. The Morgan fingerprint density at radius 1 is 1.36 bits per heavy atom. The smallest absolute Gasteiger partial charge is 0.292 e. The number of halogens is 1. The number of nitro groups is 1. The van der Waals surface area contributed by atoms with Gasteiger partial charge in [0.15, 0.2) is 0 Å². The standard InChI is InChI=1S/C14H20N4O3.ClH/c1-10-7-17(8-11(2)15-10)9-14(19)16-12-5-3-4-6-13(12)18(20)21;/h3-6,10-11,15H,7-9H2,1-2H3,(H,16,19);1H. The molecule has 0 radical (unpaired) electrons. The van der Waals surface area contributed by atoms with E-state index < -0.39 is 4.92 Å². The van der Waals surface area contributed by atoms with Crippen molar-refractivity contribution in [1.29, 1.82) is 0 Å². The van der Waals surface area contributed by atoms with Gasteiger partial charge in [0.05, 0.1) is 11.5 Å². The SMILES string of the molecule is CC1CN(CC(=O)Nc2ccccc2[N+](=O)[O-])CC(C)N1.Cl. The minimum absolute atomic E-state index is 0. The Hall–Kier alpha value is -1.70. The van der Waals surface area contributed by atoms with Crippen LogP contribution in [0, 0.1) is 10.1 Å². The van der Waals surface area contributed by atoms with Gasteiger partial charge in [0.1, 0.15) is 5.69 Å². The second kappa shape index (κ2) is 8.07. The quantitative estimate of drug-likeness (QED) is 0.648. The number of hydrogen-bond acceptors (Lipinski definition) is 5. The van der Waals surface area contributed by atoms with Gasteiger partial charge < -0.3 is 10.6 Å². The molecule has 2 atom stereocenters. The molecule has 1 aliphatic heterocycles. The van der Waals surface area contributed by atoms with Gasteiger partial charge in [-0.25, -0.2) is 0 Å². The summed E-state index contributed by atoms with van der Waals surface area (Å²) in [5, 5.41) is 16.9. The van der Waals surface area contributed by atoms with Crippen molar-refractivity contribution >= 4 is 29.7 Å². The lowest BCUT2D eigenvalue weighted by Gasteiger charge is -2.35. The maximum atomic E-state index is 12.1. The molecule has 0 spiro atoms. The Kier molecular flexibility index (Phi) is 6.73. The monoisotopic (exact) mass is 328 g/mol. The normalized spacial score (nSPS) is 21.7. The van der Waals surface area contributed by atoms with Gasteiger partial charge in [0, 0.05) is 31.2 Å². The van der Waals surface area contributed by atoms with Gasteiger partial charge in [-0.05, 0) is 19.9 Å². The molecular formula is C14H21ClN4O3. The second-order valence-electron chi connectivity index (χ2n) is 5.49. The molecule has 1 heterocycles. The maximum absolute atomic E-state index is 12.1. The number of piperazine rings is 1. The van der Waals surface area contributed by atoms with Gasteiger partial charge in [-0.15, -0.1) is 12.4 Å². The highest BCUT2D eigenvalue weighted by Gasteiger charge is 2.23. The van der Waals surface area contributed by atoms with Crippen LogP contribution >= 0.6 is 12.4 Å². The first-order chi connectivity index (χ1) is 9.95. The van der Waals surface area contributed by atoms with E-state index in [1.54, 1.807) is 18.2 Å². The maximum Gasteiger partial charge on any atom is 0.292 e. The fourth-order valence-electron chi connectivity index (χ4n) is 2.70. The zero-order valence-electron chi connectivity index (χ0n) is 12.6. The Bertz CT molecular complexity index is 531. The number of nitrogens with one attached hydrogen (secondary N) is 2.